The Morgan fingerprint density at radius 1 is 1.19 bits per heavy atom. The van der Waals surface area contributed by atoms with Gasteiger partial charge in [-0.05, 0) is 55.2 Å². The van der Waals surface area contributed by atoms with Gasteiger partial charge in [-0.1, -0.05) is 12.1 Å². The fourth-order valence-electron chi connectivity index (χ4n) is 3.67. The highest BCUT2D eigenvalue weighted by molar-refractivity contribution is 5.82. The van der Waals surface area contributed by atoms with E-state index in [1.165, 1.54) is 6.07 Å². The molecule has 7 nitrogen and oxygen atoms in total. The molecular formula is C22H21F2N3O4. The van der Waals surface area contributed by atoms with Crippen LogP contribution in [-0.2, 0) is 9.53 Å². The molecule has 1 N–H and O–H groups in total. The number of carbonyl (C=O) groups is 2. The molecule has 0 saturated carbocycles. The van der Waals surface area contributed by atoms with Crippen molar-refractivity contribution < 1.29 is 27.5 Å². The van der Waals surface area contributed by atoms with Crippen LogP contribution in [0.4, 0.5) is 13.6 Å². The average molecular weight is 429 g/mol. The molecule has 4 rings (SSSR count). The third-order valence-electron chi connectivity index (χ3n) is 5.15. The van der Waals surface area contributed by atoms with Gasteiger partial charge in [0.05, 0.1) is 6.61 Å². The Balaban J connectivity index is 1.54. The van der Waals surface area contributed by atoms with E-state index in [0.29, 0.717) is 41.1 Å². The Labute approximate surface area is 177 Å². The van der Waals surface area contributed by atoms with Gasteiger partial charge in [-0.3, -0.25) is 4.79 Å². The number of amides is 2. The summed E-state index contributed by atoms with van der Waals surface area (Å²) in [6.07, 6.45) is 1.45. The van der Waals surface area contributed by atoms with Crippen molar-refractivity contribution in [2.45, 2.75) is 25.8 Å². The highest BCUT2D eigenvalue weighted by Crippen LogP contribution is 2.34. The molecule has 31 heavy (non-hydrogen) atoms. The van der Waals surface area contributed by atoms with Gasteiger partial charge < -0.3 is 19.4 Å². The number of oxazole rings is 1. The molecule has 2 heterocycles. The molecule has 1 aromatic heterocycles. The lowest BCUT2D eigenvalue weighted by Crippen LogP contribution is -2.42. The zero-order valence-corrected chi connectivity index (χ0v) is 16.9. The predicted molar refractivity (Wildman–Crippen MR) is 108 cm³/mol. The van der Waals surface area contributed by atoms with Crippen LogP contribution in [0.5, 0.6) is 0 Å². The molecule has 0 unspecified atom stereocenters. The standard InChI is InChI=1S/C22H21F2N3O4/c1-2-30-20(28)12-25-22(29)27-9-3-4-18(27)21-26-17-11-14(6-8-19(17)31-21)13-5-7-15(23)16(24)10-13/h5-8,10-11,18H,2-4,9,12H2,1H3,(H,25,29)/t18-/m0/s1. The molecule has 0 radical (unpaired) electrons. The lowest BCUT2D eigenvalue weighted by molar-refractivity contribution is -0.141. The summed E-state index contributed by atoms with van der Waals surface area (Å²) in [4.78, 5) is 30.1. The molecule has 2 aromatic carbocycles. The van der Waals surface area contributed by atoms with Crippen LogP contribution in [0.3, 0.4) is 0 Å². The summed E-state index contributed by atoms with van der Waals surface area (Å²) >= 11 is 0. The quantitative estimate of drug-likeness (QED) is 0.615. The summed E-state index contributed by atoms with van der Waals surface area (Å²) in [6.45, 7) is 2.25. The predicted octanol–water partition coefficient (Wildman–Crippen LogP) is 4.18. The summed E-state index contributed by atoms with van der Waals surface area (Å²) in [5.41, 5.74) is 2.27. The van der Waals surface area contributed by atoms with E-state index in [9.17, 15) is 18.4 Å². The highest BCUT2D eigenvalue weighted by atomic mass is 19.2. The van der Waals surface area contributed by atoms with Crippen LogP contribution >= 0.6 is 0 Å². The fraction of sp³-hybridized carbons (Fsp3) is 0.318. The molecule has 3 aromatic rings. The van der Waals surface area contributed by atoms with E-state index >= 15 is 0 Å². The number of hydrogen-bond acceptors (Lipinski definition) is 5. The first kappa shape index (κ1) is 20.8. The van der Waals surface area contributed by atoms with E-state index < -0.39 is 17.6 Å². The smallest absolute Gasteiger partial charge is 0.325 e. The number of hydrogen-bond donors (Lipinski definition) is 1. The Hall–Kier alpha value is -3.49. The molecule has 1 atom stereocenters. The van der Waals surface area contributed by atoms with E-state index in [1.54, 1.807) is 30.0 Å². The first-order valence-electron chi connectivity index (χ1n) is 10.0. The third-order valence-corrected chi connectivity index (χ3v) is 5.15. The number of aromatic nitrogens is 1. The van der Waals surface area contributed by atoms with Crippen molar-refractivity contribution in [3.05, 3.63) is 53.9 Å². The first-order chi connectivity index (χ1) is 15.0. The molecule has 162 valence electrons. The molecule has 0 bridgehead atoms. The average Bonchev–Trinajstić information content (AvgIpc) is 3.40. The number of nitrogens with one attached hydrogen (secondary N) is 1. The van der Waals surface area contributed by atoms with Gasteiger partial charge in [-0.25, -0.2) is 18.6 Å². The summed E-state index contributed by atoms with van der Waals surface area (Å²) in [5.74, 6) is -1.94. The van der Waals surface area contributed by atoms with E-state index in [0.717, 1.165) is 18.6 Å². The monoisotopic (exact) mass is 429 g/mol. The molecular weight excluding hydrogens is 408 g/mol. The largest absolute Gasteiger partial charge is 0.465 e. The third kappa shape index (κ3) is 4.35. The molecule has 2 amide bonds. The van der Waals surface area contributed by atoms with Crippen LogP contribution in [-0.4, -0.2) is 41.6 Å². The second kappa shape index (κ2) is 8.71. The maximum atomic E-state index is 13.6. The maximum absolute atomic E-state index is 13.6. The van der Waals surface area contributed by atoms with Gasteiger partial charge in [0.2, 0.25) is 5.89 Å². The van der Waals surface area contributed by atoms with Gasteiger partial charge in [0.25, 0.3) is 0 Å². The zero-order valence-electron chi connectivity index (χ0n) is 16.9. The van der Waals surface area contributed by atoms with Gasteiger partial charge >= 0.3 is 12.0 Å². The van der Waals surface area contributed by atoms with E-state index in [1.807, 2.05) is 0 Å². The van der Waals surface area contributed by atoms with Crippen molar-refractivity contribution in [3.63, 3.8) is 0 Å². The minimum Gasteiger partial charge on any atom is -0.465 e. The number of carbonyl (C=O) groups excluding carboxylic acids is 2. The Morgan fingerprint density at radius 2 is 1.97 bits per heavy atom. The Bertz CT molecular complexity index is 1130. The van der Waals surface area contributed by atoms with Crippen molar-refractivity contribution >= 4 is 23.1 Å². The minimum absolute atomic E-state index is 0.207. The summed E-state index contributed by atoms with van der Waals surface area (Å²) in [5, 5.41) is 2.56. The van der Waals surface area contributed by atoms with Crippen LogP contribution in [0.2, 0.25) is 0 Å². The van der Waals surface area contributed by atoms with Gasteiger partial charge in [-0.15, -0.1) is 0 Å². The molecule has 0 aliphatic carbocycles. The molecule has 0 spiro atoms. The normalized spacial score (nSPS) is 16.0. The SMILES string of the molecule is CCOC(=O)CNC(=O)N1CCC[C@H]1c1nc2cc(-c3ccc(F)c(F)c3)ccc2o1. The second-order valence-corrected chi connectivity index (χ2v) is 7.18. The first-order valence-corrected chi connectivity index (χ1v) is 10.0. The summed E-state index contributed by atoms with van der Waals surface area (Å²) in [7, 11) is 0. The van der Waals surface area contributed by atoms with Crippen LogP contribution in [0.25, 0.3) is 22.2 Å². The van der Waals surface area contributed by atoms with Crippen LogP contribution in [0.15, 0.2) is 40.8 Å². The second-order valence-electron chi connectivity index (χ2n) is 7.18. The van der Waals surface area contributed by atoms with Crippen molar-refractivity contribution in [1.29, 1.82) is 0 Å². The summed E-state index contributed by atoms with van der Waals surface area (Å²) in [6, 6.07) is 8.13. The molecule has 9 heteroatoms. The molecule has 1 saturated heterocycles. The van der Waals surface area contributed by atoms with Gasteiger partial charge in [0.15, 0.2) is 17.2 Å². The van der Waals surface area contributed by atoms with Gasteiger partial charge in [0, 0.05) is 6.54 Å². The Morgan fingerprint density at radius 3 is 2.74 bits per heavy atom. The van der Waals surface area contributed by atoms with E-state index in [4.69, 9.17) is 9.15 Å². The summed E-state index contributed by atoms with van der Waals surface area (Å²) < 4.78 is 37.5. The van der Waals surface area contributed by atoms with Gasteiger partial charge in [-0.2, -0.15) is 0 Å². The fourth-order valence-corrected chi connectivity index (χ4v) is 3.67. The number of ether oxygens (including phenoxy) is 1. The maximum Gasteiger partial charge on any atom is 0.325 e. The van der Waals surface area contributed by atoms with Crippen molar-refractivity contribution in [1.82, 2.24) is 15.2 Å². The lowest BCUT2D eigenvalue weighted by Gasteiger charge is -2.22. The van der Waals surface area contributed by atoms with Crippen molar-refractivity contribution in [2.75, 3.05) is 19.7 Å². The number of likely N-dealkylation sites (tertiary alicyclic amines) is 1. The van der Waals surface area contributed by atoms with Crippen LogP contribution in [0, 0.1) is 11.6 Å². The highest BCUT2D eigenvalue weighted by Gasteiger charge is 2.33. The lowest BCUT2D eigenvalue weighted by atomic mass is 10.1. The Kier molecular flexibility index (Phi) is 5.83. The number of nitrogens with zero attached hydrogens (tertiary/aromatic N) is 2. The molecule has 1 fully saturated rings. The van der Waals surface area contributed by atoms with Crippen molar-refractivity contribution in [3.8, 4) is 11.1 Å². The minimum atomic E-state index is -0.922. The van der Waals surface area contributed by atoms with Crippen LogP contribution < -0.4 is 5.32 Å². The van der Waals surface area contributed by atoms with Crippen LogP contribution in [0.1, 0.15) is 31.7 Å². The number of urea groups is 1. The number of fused-ring (bicyclic) bond motifs is 1. The molecule has 1 aliphatic heterocycles. The zero-order chi connectivity index (χ0) is 22.0. The topological polar surface area (TPSA) is 84.7 Å². The van der Waals surface area contributed by atoms with Gasteiger partial charge in [0.1, 0.15) is 18.1 Å². The van der Waals surface area contributed by atoms with E-state index in [-0.39, 0.29) is 25.2 Å². The number of halogens is 2. The van der Waals surface area contributed by atoms with E-state index in [2.05, 4.69) is 10.3 Å². The van der Waals surface area contributed by atoms with Crippen molar-refractivity contribution in [2.24, 2.45) is 0 Å². The number of benzene rings is 2. The number of esters is 1. The number of rotatable bonds is 5. The molecule has 1 aliphatic rings.